The fraction of sp³-hybridized carbons (Fsp3) is 0.261. The van der Waals surface area contributed by atoms with E-state index in [4.69, 9.17) is 4.74 Å². The van der Waals surface area contributed by atoms with E-state index in [0.29, 0.717) is 23.9 Å². The van der Waals surface area contributed by atoms with Crippen LogP contribution in [0.4, 0.5) is 17.2 Å². The average molecular weight is 390 g/mol. The molecule has 0 aliphatic heterocycles. The number of rotatable bonds is 6. The van der Waals surface area contributed by atoms with Gasteiger partial charge >= 0.3 is 0 Å². The van der Waals surface area contributed by atoms with E-state index in [1.807, 2.05) is 37.3 Å². The van der Waals surface area contributed by atoms with Gasteiger partial charge in [0, 0.05) is 5.69 Å². The Morgan fingerprint density at radius 1 is 1.00 bits per heavy atom. The van der Waals surface area contributed by atoms with E-state index in [2.05, 4.69) is 53.5 Å². The Labute approximate surface area is 171 Å². The minimum atomic E-state index is -0.342. The van der Waals surface area contributed by atoms with Crippen LogP contribution in [-0.2, 0) is 5.41 Å². The number of hydrogen-bond donors (Lipinski definition) is 2. The maximum Gasteiger partial charge on any atom is 0.275 e. The van der Waals surface area contributed by atoms with Crippen molar-refractivity contribution >= 4 is 23.1 Å². The molecule has 0 fully saturated rings. The number of carbonyl (C=O) groups is 1. The van der Waals surface area contributed by atoms with Crippen molar-refractivity contribution in [2.75, 3.05) is 17.2 Å². The molecule has 2 aromatic carbocycles. The predicted octanol–water partition coefficient (Wildman–Crippen LogP) is 5.17. The van der Waals surface area contributed by atoms with Crippen LogP contribution in [0.3, 0.4) is 0 Å². The first-order chi connectivity index (χ1) is 13.9. The second-order valence-corrected chi connectivity index (χ2v) is 7.62. The van der Waals surface area contributed by atoms with Crippen molar-refractivity contribution in [3.63, 3.8) is 0 Å². The fourth-order valence-electron chi connectivity index (χ4n) is 2.75. The number of para-hydroxylation sites is 2. The van der Waals surface area contributed by atoms with Gasteiger partial charge < -0.3 is 15.4 Å². The zero-order chi connectivity index (χ0) is 20.9. The molecule has 0 aliphatic rings. The van der Waals surface area contributed by atoms with E-state index in [1.54, 1.807) is 12.3 Å². The molecule has 29 heavy (non-hydrogen) atoms. The monoisotopic (exact) mass is 390 g/mol. The molecule has 3 rings (SSSR count). The number of aromatic nitrogens is 2. The highest BCUT2D eigenvalue weighted by Crippen LogP contribution is 2.25. The highest BCUT2D eigenvalue weighted by molar-refractivity contribution is 6.03. The molecular formula is C23H26N4O2. The third kappa shape index (κ3) is 5.31. The number of ether oxygens (including phenoxy) is 1. The first-order valence-corrected chi connectivity index (χ1v) is 9.59. The number of carbonyl (C=O) groups excluding carboxylic acids is 1. The largest absolute Gasteiger partial charge is 0.492 e. The smallest absolute Gasteiger partial charge is 0.275 e. The molecule has 0 spiro atoms. The van der Waals surface area contributed by atoms with Crippen LogP contribution in [0.2, 0.25) is 0 Å². The Bertz CT molecular complexity index is 961. The molecule has 2 N–H and O–H groups in total. The maximum atomic E-state index is 12.5. The number of benzene rings is 2. The molecule has 1 heterocycles. The lowest BCUT2D eigenvalue weighted by Crippen LogP contribution is -2.15. The van der Waals surface area contributed by atoms with Gasteiger partial charge in [-0.15, -0.1) is 0 Å². The minimum absolute atomic E-state index is 0.105. The number of amides is 1. The molecule has 150 valence electrons. The number of hydrogen-bond acceptors (Lipinski definition) is 5. The van der Waals surface area contributed by atoms with Gasteiger partial charge in [-0.2, -0.15) is 0 Å². The van der Waals surface area contributed by atoms with Crippen LogP contribution in [-0.4, -0.2) is 22.5 Å². The van der Waals surface area contributed by atoms with Crippen molar-refractivity contribution in [2.24, 2.45) is 0 Å². The lowest BCUT2D eigenvalue weighted by Gasteiger charge is -2.19. The van der Waals surface area contributed by atoms with Crippen molar-refractivity contribution in [3.05, 3.63) is 72.2 Å². The van der Waals surface area contributed by atoms with Gasteiger partial charge in [-0.3, -0.25) is 4.79 Å². The fourth-order valence-corrected chi connectivity index (χ4v) is 2.75. The molecule has 0 radical (unpaired) electrons. The van der Waals surface area contributed by atoms with Crippen molar-refractivity contribution in [1.82, 2.24) is 9.97 Å². The summed E-state index contributed by atoms with van der Waals surface area (Å²) in [5.41, 5.74) is 3.10. The summed E-state index contributed by atoms with van der Waals surface area (Å²) in [6, 6.07) is 15.5. The van der Waals surface area contributed by atoms with Gasteiger partial charge in [-0.25, -0.2) is 9.97 Å². The molecule has 1 amide bonds. The summed E-state index contributed by atoms with van der Waals surface area (Å²) in [6.45, 7) is 8.95. The van der Waals surface area contributed by atoms with Gasteiger partial charge in [0.15, 0.2) is 0 Å². The number of anilines is 3. The van der Waals surface area contributed by atoms with Gasteiger partial charge in [0.1, 0.15) is 17.3 Å². The van der Waals surface area contributed by atoms with Crippen molar-refractivity contribution in [3.8, 4) is 5.75 Å². The molecule has 0 unspecified atom stereocenters. The maximum absolute atomic E-state index is 12.5. The van der Waals surface area contributed by atoms with Crippen molar-refractivity contribution < 1.29 is 9.53 Å². The first-order valence-electron chi connectivity index (χ1n) is 9.59. The van der Waals surface area contributed by atoms with Gasteiger partial charge in [0.2, 0.25) is 0 Å². The Hall–Kier alpha value is -3.41. The van der Waals surface area contributed by atoms with E-state index in [9.17, 15) is 4.79 Å². The molecule has 0 bridgehead atoms. The summed E-state index contributed by atoms with van der Waals surface area (Å²) < 4.78 is 5.53. The van der Waals surface area contributed by atoms with Crippen LogP contribution in [0.1, 0.15) is 43.7 Å². The van der Waals surface area contributed by atoms with Crippen LogP contribution in [0, 0.1) is 0 Å². The van der Waals surface area contributed by atoms with Crippen molar-refractivity contribution in [1.29, 1.82) is 0 Å². The summed E-state index contributed by atoms with van der Waals surface area (Å²) in [4.78, 5) is 21.0. The highest BCUT2D eigenvalue weighted by atomic mass is 16.5. The van der Waals surface area contributed by atoms with E-state index in [0.717, 1.165) is 5.69 Å². The first kappa shape index (κ1) is 20.3. The lowest BCUT2D eigenvalue weighted by molar-refractivity contribution is 0.102. The van der Waals surface area contributed by atoms with Gasteiger partial charge in [0.25, 0.3) is 5.91 Å². The summed E-state index contributed by atoms with van der Waals surface area (Å²) >= 11 is 0. The second-order valence-electron chi connectivity index (χ2n) is 7.62. The molecule has 6 nitrogen and oxygen atoms in total. The highest BCUT2D eigenvalue weighted by Gasteiger charge is 2.14. The number of nitrogens with zero attached hydrogens (tertiary/aromatic N) is 2. The Morgan fingerprint density at radius 2 is 1.72 bits per heavy atom. The molecule has 6 heteroatoms. The molecule has 0 saturated heterocycles. The third-order valence-electron chi connectivity index (χ3n) is 4.34. The van der Waals surface area contributed by atoms with E-state index in [1.165, 1.54) is 11.8 Å². The quantitative estimate of drug-likeness (QED) is 0.607. The van der Waals surface area contributed by atoms with Gasteiger partial charge in [-0.05, 0) is 42.2 Å². The summed E-state index contributed by atoms with van der Waals surface area (Å²) in [7, 11) is 0. The third-order valence-corrected chi connectivity index (χ3v) is 4.34. The summed E-state index contributed by atoms with van der Waals surface area (Å²) in [5, 5.41) is 6.01. The molecule has 0 aliphatic carbocycles. The predicted molar refractivity (Wildman–Crippen MR) is 116 cm³/mol. The van der Waals surface area contributed by atoms with E-state index < -0.39 is 0 Å². The molecule has 3 aromatic rings. The van der Waals surface area contributed by atoms with E-state index in [-0.39, 0.29) is 17.0 Å². The minimum Gasteiger partial charge on any atom is -0.492 e. The molecular weight excluding hydrogens is 364 g/mol. The lowest BCUT2D eigenvalue weighted by atomic mass is 9.87. The topological polar surface area (TPSA) is 76.1 Å². The second kappa shape index (κ2) is 8.73. The normalized spacial score (nSPS) is 11.0. The zero-order valence-corrected chi connectivity index (χ0v) is 17.2. The SMILES string of the molecule is CCOc1ccccc1NC(=O)c1cnc(Nc2ccc(C(C)(C)C)cc2)cn1. The standard InChI is InChI=1S/C23H26N4O2/c1-5-29-20-9-7-6-8-18(20)27-22(28)19-14-25-21(15-24-19)26-17-12-10-16(11-13-17)23(2,3)4/h6-15H,5H2,1-4H3,(H,25,26)(H,27,28). The average Bonchev–Trinajstić information content (AvgIpc) is 2.70. The number of nitrogens with one attached hydrogen (secondary N) is 2. The van der Waals surface area contributed by atoms with E-state index >= 15 is 0 Å². The van der Waals surface area contributed by atoms with Crippen LogP contribution in [0.15, 0.2) is 60.9 Å². The van der Waals surface area contributed by atoms with Crippen LogP contribution >= 0.6 is 0 Å². The zero-order valence-electron chi connectivity index (χ0n) is 17.2. The van der Waals surface area contributed by atoms with Gasteiger partial charge in [0.05, 0.1) is 24.7 Å². The van der Waals surface area contributed by atoms with Crippen molar-refractivity contribution in [2.45, 2.75) is 33.1 Å². The van der Waals surface area contributed by atoms with Crippen LogP contribution < -0.4 is 15.4 Å². The van der Waals surface area contributed by atoms with Gasteiger partial charge in [-0.1, -0.05) is 45.0 Å². The van der Waals surface area contributed by atoms with Crippen LogP contribution in [0.25, 0.3) is 0 Å². The Balaban J connectivity index is 1.66. The Kier molecular flexibility index (Phi) is 6.12. The summed E-state index contributed by atoms with van der Waals surface area (Å²) in [5.74, 6) is 0.846. The molecule has 0 atom stereocenters. The van der Waals surface area contributed by atoms with Crippen LogP contribution in [0.5, 0.6) is 5.75 Å². The molecule has 0 saturated carbocycles. The Morgan fingerprint density at radius 3 is 2.34 bits per heavy atom. The molecule has 1 aromatic heterocycles. The summed E-state index contributed by atoms with van der Waals surface area (Å²) in [6.07, 6.45) is 2.99.